The van der Waals surface area contributed by atoms with E-state index in [0.29, 0.717) is 42.0 Å². The zero-order valence-electron chi connectivity index (χ0n) is 18.8. The number of sulfonamides is 1. The maximum Gasteiger partial charge on any atom is 0.264 e. The third-order valence-electron chi connectivity index (χ3n) is 6.31. The Balaban J connectivity index is 1.98. The molecule has 1 aromatic heterocycles. The van der Waals surface area contributed by atoms with Gasteiger partial charge in [0.1, 0.15) is 4.90 Å². The van der Waals surface area contributed by atoms with Crippen molar-refractivity contribution in [1.82, 2.24) is 9.47 Å². The summed E-state index contributed by atoms with van der Waals surface area (Å²) < 4.78 is 31.2. The van der Waals surface area contributed by atoms with Crippen molar-refractivity contribution >= 4 is 21.6 Å². The molecule has 2 heterocycles. The molecule has 164 valence electrons. The van der Waals surface area contributed by atoms with E-state index < -0.39 is 10.0 Å². The van der Waals surface area contributed by atoms with Crippen molar-refractivity contribution in [3.05, 3.63) is 46.8 Å². The molecule has 0 spiro atoms. The summed E-state index contributed by atoms with van der Waals surface area (Å²) in [6, 6.07) is 7.39. The monoisotopic (exact) mass is 431 g/mol. The van der Waals surface area contributed by atoms with Gasteiger partial charge in [0, 0.05) is 37.2 Å². The summed E-state index contributed by atoms with van der Waals surface area (Å²) >= 11 is 0. The molecule has 6 nitrogen and oxygen atoms in total. The van der Waals surface area contributed by atoms with Crippen LogP contribution in [0.5, 0.6) is 0 Å². The first kappa shape index (κ1) is 22.4. The smallest absolute Gasteiger partial charge is 0.264 e. The summed E-state index contributed by atoms with van der Waals surface area (Å²) in [5.74, 6) is 0.760. The number of carbonyl (C=O) groups is 1. The van der Waals surface area contributed by atoms with E-state index in [1.165, 1.54) is 0 Å². The molecule has 30 heavy (non-hydrogen) atoms. The van der Waals surface area contributed by atoms with Gasteiger partial charge in [-0.25, -0.2) is 8.42 Å². The average molecular weight is 432 g/mol. The first-order chi connectivity index (χ1) is 14.0. The molecule has 0 saturated carbocycles. The third-order valence-corrected chi connectivity index (χ3v) is 7.85. The van der Waals surface area contributed by atoms with Crippen molar-refractivity contribution in [3.63, 3.8) is 0 Å². The topological polar surface area (TPSA) is 71.4 Å². The van der Waals surface area contributed by atoms with E-state index in [0.717, 1.165) is 18.4 Å². The predicted octanol–water partition coefficient (Wildman–Crippen LogP) is 4.44. The molecule has 1 fully saturated rings. The molecule has 1 aromatic carbocycles. The Morgan fingerprint density at radius 1 is 1.07 bits per heavy atom. The number of nitrogens with zero attached hydrogens (tertiary/aromatic N) is 2. The van der Waals surface area contributed by atoms with Crippen molar-refractivity contribution in [2.75, 3.05) is 17.8 Å². The van der Waals surface area contributed by atoms with Gasteiger partial charge >= 0.3 is 0 Å². The molecule has 0 radical (unpaired) electrons. The molecule has 3 rings (SSSR count). The van der Waals surface area contributed by atoms with Gasteiger partial charge in [0.25, 0.3) is 15.9 Å². The highest BCUT2D eigenvalue weighted by atomic mass is 32.2. The van der Waals surface area contributed by atoms with E-state index >= 15 is 0 Å². The first-order valence-corrected chi connectivity index (χ1v) is 12.1. The largest absolute Gasteiger partial charge is 0.350 e. The van der Waals surface area contributed by atoms with Gasteiger partial charge in [0.05, 0.1) is 5.56 Å². The average Bonchev–Trinajstić information content (AvgIpc) is 2.93. The minimum Gasteiger partial charge on any atom is -0.350 e. The molecule has 1 aliphatic rings. The Kier molecular flexibility index (Phi) is 6.32. The van der Waals surface area contributed by atoms with Gasteiger partial charge in [-0.2, -0.15) is 0 Å². The molecular formula is C23H33N3O3S. The third kappa shape index (κ3) is 4.26. The number of hydrogen-bond donors (Lipinski definition) is 1. The molecular weight excluding hydrogens is 398 g/mol. The number of hydrogen-bond acceptors (Lipinski definition) is 3. The second kappa shape index (κ2) is 8.46. The highest BCUT2D eigenvalue weighted by Gasteiger charge is 2.33. The lowest BCUT2D eigenvalue weighted by molar-refractivity contribution is 0.0692. The van der Waals surface area contributed by atoms with Crippen LogP contribution in [0.25, 0.3) is 0 Å². The summed E-state index contributed by atoms with van der Waals surface area (Å²) in [5.41, 5.74) is 3.15. The van der Waals surface area contributed by atoms with Crippen LogP contribution in [-0.2, 0) is 17.1 Å². The van der Waals surface area contributed by atoms with Gasteiger partial charge in [0.15, 0.2) is 0 Å². The molecule has 1 N–H and O–H groups in total. The number of rotatable bonds is 5. The van der Waals surface area contributed by atoms with Crippen LogP contribution in [0.1, 0.15) is 66.8 Å². The normalized spacial score (nSPS) is 15.6. The van der Waals surface area contributed by atoms with Crippen LogP contribution < -0.4 is 4.72 Å². The molecule has 2 aromatic rings. The van der Waals surface area contributed by atoms with Crippen LogP contribution >= 0.6 is 0 Å². The lowest BCUT2D eigenvalue weighted by Crippen LogP contribution is -2.38. The minimum absolute atomic E-state index is 0.0825. The van der Waals surface area contributed by atoms with Gasteiger partial charge in [-0.1, -0.05) is 32.9 Å². The molecule has 0 aliphatic carbocycles. The molecule has 0 bridgehead atoms. The Morgan fingerprint density at radius 3 is 2.17 bits per heavy atom. The lowest BCUT2D eigenvalue weighted by Gasteiger charge is -2.30. The van der Waals surface area contributed by atoms with Crippen LogP contribution in [0, 0.1) is 19.8 Å². The Hall–Kier alpha value is -2.28. The van der Waals surface area contributed by atoms with E-state index in [1.807, 2.05) is 19.1 Å². The Bertz CT molecular complexity index is 1030. The summed E-state index contributed by atoms with van der Waals surface area (Å²) in [5, 5.41) is 0. The second-order valence-corrected chi connectivity index (χ2v) is 10.4. The number of carbonyl (C=O) groups excluding carboxylic acids is 1. The minimum atomic E-state index is -3.92. The maximum absolute atomic E-state index is 13.4. The first-order valence-electron chi connectivity index (χ1n) is 10.6. The Morgan fingerprint density at radius 2 is 1.63 bits per heavy atom. The van der Waals surface area contributed by atoms with Crippen molar-refractivity contribution < 1.29 is 13.2 Å². The molecule has 1 amide bonds. The van der Waals surface area contributed by atoms with E-state index in [2.05, 4.69) is 25.5 Å². The molecule has 1 saturated heterocycles. The molecule has 0 unspecified atom stereocenters. The van der Waals surface area contributed by atoms with E-state index in [1.54, 1.807) is 35.6 Å². The van der Waals surface area contributed by atoms with E-state index in [4.69, 9.17) is 0 Å². The highest BCUT2D eigenvalue weighted by Crippen LogP contribution is 2.30. The molecule has 1 aliphatic heterocycles. The second-order valence-electron chi connectivity index (χ2n) is 8.79. The number of anilines is 1. The fraction of sp³-hybridized carbons (Fsp3) is 0.522. The van der Waals surface area contributed by atoms with Crippen LogP contribution in [0.3, 0.4) is 0 Å². The molecule has 0 atom stereocenters. The number of nitrogens with one attached hydrogen (secondary N) is 1. The maximum atomic E-state index is 13.4. The fourth-order valence-electron chi connectivity index (χ4n) is 4.01. The van der Waals surface area contributed by atoms with Crippen molar-refractivity contribution in [1.29, 1.82) is 0 Å². The van der Waals surface area contributed by atoms with Crippen LogP contribution in [0.15, 0.2) is 29.2 Å². The van der Waals surface area contributed by atoms with Crippen molar-refractivity contribution in [2.24, 2.45) is 13.0 Å². The number of likely N-dealkylation sites (tertiary alicyclic amines) is 1. The zero-order chi connectivity index (χ0) is 22.2. The van der Waals surface area contributed by atoms with E-state index in [-0.39, 0.29) is 16.4 Å². The number of amides is 1. The van der Waals surface area contributed by atoms with Gasteiger partial charge < -0.3 is 9.47 Å². The van der Waals surface area contributed by atoms with Crippen LogP contribution in [-0.4, -0.2) is 36.9 Å². The quantitative estimate of drug-likeness (QED) is 0.761. The van der Waals surface area contributed by atoms with E-state index in [9.17, 15) is 13.2 Å². The predicted molar refractivity (Wildman–Crippen MR) is 121 cm³/mol. The summed E-state index contributed by atoms with van der Waals surface area (Å²) in [7, 11) is -2.12. The summed E-state index contributed by atoms with van der Waals surface area (Å²) in [6.07, 6.45) is 1.89. The fourth-order valence-corrected chi connectivity index (χ4v) is 5.59. The number of piperidine rings is 1. The standard InChI is InChI=1S/C23H33N3O3S/c1-15(2)19-7-9-20(10-8-19)24-30(28,29)22-18(5)25(6)17(4)21(22)23(27)26-13-11-16(3)12-14-26/h7-10,15-16,24H,11-14H2,1-6H3. The lowest BCUT2D eigenvalue weighted by atomic mass is 9.98. The highest BCUT2D eigenvalue weighted by molar-refractivity contribution is 7.92. The van der Waals surface area contributed by atoms with Gasteiger partial charge in [-0.3, -0.25) is 9.52 Å². The van der Waals surface area contributed by atoms with Crippen molar-refractivity contribution in [3.8, 4) is 0 Å². The summed E-state index contributed by atoms with van der Waals surface area (Å²) in [4.78, 5) is 15.2. The zero-order valence-corrected chi connectivity index (χ0v) is 19.6. The number of aromatic nitrogens is 1. The summed E-state index contributed by atoms with van der Waals surface area (Å²) in [6.45, 7) is 11.3. The Labute approximate surface area is 180 Å². The number of benzene rings is 1. The van der Waals surface area contributed by atoms with Gasteiger partial charge in [0.2, 0.25) is 0 Å². The SMILES string of the molecule is Cc1c(C(=O)N2CCC(C)CC2)c(S(=O)(=O)Nc2ccc(C(C)C)cc2)c(C)n1C. The van der Waals surface area contributed by atoms with Crippen LogP contribution in [0.4, 0.5) is 5.69 Å². The van der Waals surface area contributed by atoms with Gasteiger partial charge in [-0.05, 0) is 56.2 Å². The van der Waals surface area contributed by atoms with Crippen LogP contribution in [0.2, 0.25) is 0 Å². The van der Waals surface area contributed by atoms with Gasteiger partial charge in [-0.15, -0.1) is 0 Å². The van der Waals surface area contributed by atoms with Crippen molar-refractivity contribution in [2.45, 2.75) is 58.3 Å². The molecule has 7 heteroatoms.